The number of hydrogen-bond donors (Lipinski definition) is 0. The topological polar surface area (TPSA) is 59.9 Å². The molecule has 9 heteroatoms. The van der Waals surface area contributed by atoms with Gasteiger partial charge < -0.3 is 0 Å². The average molecular weight is 337 g/mol. The van der Waals surface area contributed by atoms with Crippen molar-refractivity contribution in [2.45, 2.75) is 15.1 Å². The number of hydrogen-bond acceptors (Lipinski definition) is 5. The summed E-state index contributed by atoms with van der Waals surface area (Å²) in [6, 6.07) is 4.20. The Hall–Kier alpha value is -1.25. The van der Waals surface area contributed by atoms with E-state index in [1.165, 1.54) is 6.07 Å². The maximum absolute atomic E-state index is 13.5. The molecule has 0 unspecified atom stereocenters. The van der Waals surface area contributed by atoms with Crippen molar-refractivity contribution in [3.05, 3.63) is 41.1 Å². The van der Waals surface area contributed by atoms with Crippen LogP contribution in [-0.4, -0.2) is 24.6 Å². The lowest BCUT2D eigenvalue weighted by Crippen LogP contribution is -2.04. The van der Waals surface area contributed by atoms with Crippen molar-refractivity contribution in [2.24, 2.45) is 0 Å². The lowest BCUT2D eigenvalue weighted by atomic mass is 10.3. The van der Waals surface area contributed by atoms with Crippen LogP contribution in [-0.2, 0) is 9.84 Å². The number of aromatic nitrogens is 2. The Balaban J connectivity index is 2.44. The highest BCUT2D eigenvalue weighted by atomic mass is 35.5. The van der Waals surface area contributed by atoms with E-state index in [4.69, 9.17) is 11.6 Å². The molecule has 0 aliphatic carbocycles. The molecule has 0 radical (unpaired) electrons. The SMILES string of the molecule is CS(=O)(=O)c1nc(Cl)cc(Sc2cc(F)ccc2F)n1. The Morgan fingerprint density at radius 1 is 1.20 bits per heavy atom. The molecule has 0 aliphatic rings. The molecule has 0 saturated heterocycles. The molecule has 0 bridgehead atoms. The lowest BCUT2D eigenvalue weighted by Gasteiger charge is -2.05. The summed E-state index contributed by atoms with van der Waals surface area (Å²) in [6.45, 7) is 0. The summed E-state index contributed by atoms with van der Waals surface area (Å²) >= 11 is 6.45. The van der Waals surface area contributed by atoms with Gasteiger partial charge >= 0.3 is 0 Å². The first-order valence-corrected chi connectivity index (χ1v) is 8.22. The third kappa shape index (κ3) is 3.65. The van der Waals surface area contributed by atoms with E-state index in [0.29, 0.717) is 0 Å². The first kappa shape index (κ1) is 15.1. The van der Waals surface area contributed by atoms with E-state index < -0.39 is 26.6 Å². The lowest BCUT2D eigenvalue weighted by molar-refractivity contribution is 0.577. The van der Waals surface area contributed by atoms with Crippen molar-refractivity contribution < 1.29 is 17.2 Å². The number of rotatable bonds is 3. The second-order valence-corrected chi connectivity index (χ2v) is 7.12. The smallest absolute Gasteiger partial charge is 0.221 e. The van der Waals surface area contributed by atoms with Crippen LogP contribution in [0.15, 0.2) is 39.3 Å². The average Bonchev–Trinajstić information content (AvgIpc) is 2.32. The van der Waals surface area contributed by atoms with Gasteiger partial charge in [-0.25, -0.2) is 27.2 Å². The van der Waals surface area contributed by atoms with Crippen LogP contribution in [0, 0.1) is 11.6 Å². The molecule has 1 aromatic heterocycles. The number of halogens is 3. The van der Waals surface area contributed by atoms with Crippen molar-refractivity contribution in [3.8, 4) is 0 Å². The molecule has 1 aromatic carbocycles. The quantitative estimate of drug-likeness (QED) is 0.637. The molecular weight excluding hydrogens is 330 g/mol. The Kier molecular flexibility index (Phi) is 4.26. The van der Waals surface area contributed by atoms with Crippen LogP contribution in [0.4, 0.5) is 8.78 Å². The molecule has 106 valence electrons. The summed E-state index contributed by atoms with van der Waals surface area (Å²) in [5.74, 6) is -1.26. The monoisotopic (exact) mass is 336 g/mol. The van der Waals surface area contributed by atoms with E-state index >= 15 is 0 Å². The highest BCUT2D eigenvalue weighted by Crippen LogP contribution is 2.30. The Morgan fingerprint density at radius 3 is 2.55 bits per heavy atom. The maximum Gasteiger partial charge on any atom is 0.249 e. The van der Waals surface area contributed by atoms with E-state index in [1.807, 2.05) is 0 Å². The van der Waals surface area contributed by atoms with Gasteiger partial charge in [0.25, 0.3) is 0 Å². The normalized spacial score (nSPS) is 11.6. The van der Waals surface area contributed by atoms with E-state index in [-0.39, 0.29) is 15.1 Å². The van der Waals surface area contributed by atoms with Gasteiger partial charge in [0.2, 0.25) is 15.0 Å². The third-order valence-corrected chi connectivity index (χ3v) is 4.08. The van der Waals surface area contributed by atoms with Crippen LogP contribution in [0.2, 0.25) is 5.15 Å². The van der Waals surface area contributed by atoms with Crippen LogP contribution < -0.4 is 0 Å². The van der Waals surface area contributed by atoms with Gasteiger partial charge in [0.15, 0.2) is 0 Å². The van der Waals surface area contributed by atoms with Crippen molar-refractivity contribution >= 4 is 33.2 Å². The summed E-state index contributed by atoms with van der Waals surface area (Å²) < 4.78 is 49.3. The third-order valence-electron chi connectivity index (χ3n) is 2.09. The molecule has 0 N–H and O–H groups in total. The molecule has 20 heavy (non-hydrogen) atoms. The summed E-state index contributed by atoms with van der Waals surface area (Å²) in [5, 5.41) is -0.459. The van der Waals surface area contributed by atoms with Crippen molar-refractivity contribution in [1.29, 1.82) is 0 Å². The summed E-state index contributed by atoms with van der Waals surface area (Å²) in [4.78, 5) is 7.30. The van der Waals surface area contributed by atoms with Gasteiger partial charge in [0.1, 0.15) is 21.8 Å². The summed E-state index contributed by atoms with van der Waals surface area (Å²) in [5.41, 5.74) is 0. The van der Waals surface area contributed by atoms with Crippen molar-refractivity contribution in [3.63, 3.8) is 0 Å². The van der Waals surface area contributed by atoms with E-state index in [1.54, 1.807) is 0 Å². The minimum Gasteiger partial charge on any atom is -0.221 e. The molecule has 1 heterocycles. The van der Waals surface area contributed by atoms with Crippen LogP contribution >= 0.6 is 23.4 Å². The molecule has 2 rings (SSSR count). The molecule has 4 nitrogen and oxygen atoms in total. The minimum atomic E-state index is -3.65. The van der Waals surface area contributed by atoms with Gasteiger partial charge in [-0.05, 0) is 18.2 Å². The molecule has 0 fully saturated rings. The van der Waals surface area contributed by atoms with Crippen LogP contribution in [0.3, 0.4) is 0 Å². The van der Waals surface area contributed by atoms with E-state index in [2.05, 4.69) is 9.97 Å². The molecule has 0 atom stereocenters. The van der Waals surface area contributed by atoms with Gasteiger partial charge in [-0.2, -0.15) is 0 Å². The summed E-state index contributed by atoms with van der Waals surface area (Å²) in [7, 11) is -3.65. The van der Waals surface area contributed by atoms with Crippen molar-refractivity contribution in [1.82, 2.24) is 9.97 Å². The van der Waals surface area contributed by atoms with Gasteiger partial charge in [-0.3, -0.25) is 0 Å². The standard InChI is InChI=1S/C11H7ClF2N2O2S2/c1-20(17,18)11-15-9(12)5-10(16-11)19-8-4-6(13)2-3-7(8)14/h2-5H,1H3. The Morgan fingerprint density at radius 2 is 1.90 bits per heavy atom. The largest absolute Gasteiger partial charge is 0.249 e. The first-order valence-electron chi connectivity index (χ1n) is 5.13. The molecule has 0 amide bonds. The molecule has 0 spiro atoms. The van der Waals surface area contributed by atoms with Gasteiger partial charge in [-0.15, -0.1) is 0 Å². The zero-order valence-electron chi connectivity index (χ0n) is 9.97. The number of nitrogens with zero attached hydrogens (tertiary/aromatic N) is 2. The van der Waals surface area contributed by atoms with Gasteiger partial charge in [0.05, 0.1) is 4.90 Å². The van der Waals surface area contributed by atoms with Crippen LogP contribution in [0.25, 0.3) is 0 Å². The predicted octanol–water partition coefficient (Wildman–Crippen LogP) is 2.96. The zero-order chi connectivity index (χ0) is 14.9. The predicted molar refractivity (Wildman–Crippen MR) is 70.6 cm³/mol. The fourth-order valence-corrected chi connectivity index (χ4v) is 3.01. The fourth-order valence-electron chi connectivity index (χ4n) is 1.26. The van der Waals surface area contributed by atoms with Gasteiger partial charge in [0, 0.05) is 12.3 Å². The molecule has 2 aromatic rings. The fraction of sp³-hybridized carbons (Fsp3) is 0.0909. The maximum atomic E-state index is 13.5. The van der Waals surface area contributed by atoms with Crippen LogP contribution in [0.5, 0.6) is 0 Å². The van der Waals surface area contributed by atoms with Crippen LogP contribution in [0.1, 0.15) is 0 Å². The number of sulfone groups is 1. The second kappa shape index (κ2) is 5.63. The highest BCUT2D eigenvalue weighted by Gasteiger charge is 2.15. The molecule has 0 aliphatic heterocycles. The summed E-state index contributed by atoms with van der Waals surface area (Å²) in [6.07, 6.45) is 0.926. The second-order valence-electron chi connectivity index (χ2n) is 3.76. The zero-order valence-corrected chi connectivity index (χ0v) is 12.4. The van der Waals surface area contributed by atoms with Crippen molar-refractivity contribution in [2.75, 3.05) is 6.26 Å². The molecule has 0 saturated carbocycles. The van der Waals surface area contributed by atoms with Gasteiger partial charge in [-0.1, -0.05) is 23.4 Å². The van der Waals surface area contributed by atoms with E-state index in [0.717, 1.165) is 36.2 Å². The molecular formula is C11H7ClF2N2O2S2. The van der Waals surface area contributed by atoms with E-state index in [9.17, 15) is 17.2 Å². The minimum absolute atomic E-state index is 0.0285. The highest BCUT2D eigenvalue weighted by molar-refractivity contribution is 7.99. The first-order chi connectivity index (χ1) is 9.25. The Bertz CT molecular complexity index is 769. The Labute approximate surface area is 123 Å². The number of benzene rings is 1.